The standard InChI is InChI=1S/C48H58ClN9O6S3/c1-27-29(3)67-47-40(27)41(32-13-15-34(49)16-14-32)53-36(44-56-55-30(4)58(44)47)22-38(60)50-17-20-65-19-8-18-64-25-39(61)54-43(48(5,6)7)46(63)57-24-35(59)21-37(57)45(62)51-23-31-9-11-33(12-10-31)42-28(2)52-26-66-42/h9-16,26,35-37,43,59H,8,17-25H2,1-7H3,(H,50,60)(H,51,62)(H,54,61)/t35?,36?,37-,43+/m0/s1. The molecule has 0 spiro atoms. The van der Waals surface area contributed by atoms with E-state index >= 15 is 0 Å². The van der Waals surface area contributed by atoms with E-state index in [9.17, 15) is 24.3 Å². The fourth-order valence-electron chi connectivity index (χ4n) is 8.16. The van der Waals surface area contributed by atoms with E-state index in [4.69, 9.17) is 21.3 Å². The van der Waals surface area contributed by atoms with Crippen LogP contribution in [0.25, 0.3) is 15.4 Å². The SMILES string of the molecule is Cc1ncsc1-c1ccc(CNC(=O)[C@@H]2CC(O)CN2C(=O)[C@@H](NC(=O)COCCCSCCNC(=O)CC2N=C(c3ccc(Cl)cc3)c3c(sc(C)c3C)-n3c(C)nnc32)C(C)(C)C)cc1. The Morgan fingerprint density at radius 2 is 1.70 bits per heavy atom. The Balaban J connectivity index is 0.832. The highest BCUT2D eigenvalue weighted by molar-refractivity contribution is 7.99. The molecule has 1 saturated heterocycles. The van der Waals surface area contributed by atoms with Crippen LogP contribution in [0.3, 0.4) is 0 Å². The number of halogens is 1. The first kappa shape index (κ1) is 49.9. The average Bonchev–Trinajstić information content (AvgIpc) is 4.06. The van der Waals surface area contributed by atoms with Crippen molar-refractivity contribution in [2.24, 2.45) is 10.4 Å². The van der Waals surface area contributed by atoms with Crippen LogP contribution in [0.4, 0.5) is 0 Å². The number of hydrogen-bond donors (Lipinski definition) is 4. The number of rotatable bonds is 18. The number of nitrogens with one attached hydrogen (secondary N) is 3. The molecule has 3 aromatic heterocycles. The number of likely N-dealkylation sites (tertiary alicyclic amines) is 1. The van der Waals surface area contributed by atoms with Crippen LogP contribution < -0.4 is 16.0 Å². The lowest BCUT2D eigenvalue weighted by Crippen LogP contribution is -2.58. The molecule has 356 valence electrons. The van der Waals surface area contributed by atoms with Crippen molar-refractivity contribution in [1.82, 2.24) is 40.6 Å². The molecule has 2 aliphatic heterocycles. The summed E-state index contributed by atoms with van der Waals surface area (Å²) in [4.78, 5) is 67.1. The number of amides is 4. The van der Waals surface area contributed by atoms with Gasteiger partial charge in [0.25, 0.3) is 0 Å². The first-order chi connectivity index (χ1) is 32.0. The van der Waals surface area contributed by atoms with Crippen molar-refractivity contribution in [2.45, 2.75) is 98.5 Å². The van der Waals surface area contributed by atoms with Gasteiger partial charge in [-0.15, -0.1) is 32.9 Å². The van der Waals surface area contributed by atoms with Gasteiger partial charge in [-0.3, -0.25) is 28.7 Å². The van der Waals surface area contributed by atoms with Crippen molar-refractivity contribution in [1.29, 1.82) is 0 Å². The van der Waals surface area contributed by atoms with Crippen molar-refractivity contribution < 1.29 is 29.0 Å². The van der Waals surface area contributed by atoms with Crippen LogP contribution in [0.15, 0.2) is 59.0 Å². The largest absolute Gasteiger partial charge is 0.391 e. The molecule has 4 atom stereocenters. The van der Waals surface area contributed by atoms with Gasteiger partial charge in [-0.2, -0.15) is 11.8 Å². The number of benzene rings is 2. The van der Waals surface area contributed by atoms with Crippen LogP contribution in [0.5, 0.6) is 0 Å². The predicted octanol–water partition coefficient (Wildman–Crippen LogP) is 6.69. The maximum atomic E-state index is 14.0. The molecule has 4 N–H and O–H groups in total. The first-order valence-corrected chi connectivity index (χ1v) is 25.6. The Hall–Kier alpha value is -4.98. The molecule has 5 aromatic rings. The van der Waals surface area contributed by atoms with Gasteiger partial charge in [-0.05, 0) is 74.1 Å². The summed E-state index contributed by atoms with van der Waals surface area (Å²) in [6.07, 6.45) is 0.00576. The van der Waals surface area contributed by atoms with Crippen molar-refractivity contribution in [3.05, 3.63) is 104 Å². The second-order valence-corrected chi connectivity index (χ2v) is 21.6. The van der Waals surface area contributed by atoms with E-state index in [0.29, 0.717) is 36.2 Å². The van der Waals surface area contributed by atoms with Gasteiger partial charge in [-0.25, -0.2) is 4.98 Å². The van der Waals surface area contributed by atoms with Crippen molar-refractivity contribution >= 4 is 75.4 Å². The second-order valence-electron chi connectivity index (χ2n) is 17.9. The molecule has 2 unspecified atom stereocenters. The molecule has 67 heavy (non-hydrogen) atoms. The van der Waals surface area contributed by atoms with Crippen LogP contribution in [-0.2, 0) is 30.5 Å². The number of aromatic nitrogens is 4. The van der Waals surface area contributed by atoms with Gasteiger partial charge < -0.3 is 30.7 Å². The minimum Gasteiger partial charge on any atom is -0.391 e. The van der Waals surface area contributed by atoms with Crippen LogP contribution in [0, 0.1) is 33.1 Å². The molecule has 0 bridgehead atoms. The molecular formula is C48H58ClN9O6S3. The van der Waals surface area contributed by atoms with Crippen LogP contribution in [0.2, 0.25) is 5.02 Å². The maximum Gasteiger partial charge on any atom is 0.246 e. The summed E-state index contributed by atoms with van der Waals surface area (Å²) < 4.78 is 7.72. The van der Waals surface area contributed by atoms with E-state index in [1.165, 1.54) is 9.78 Å². The van der Waals surface area contributed by atoms with E-state index in [1.807, 2.05) is 93.2 Å². The summed E-state index contributed by atoms with van der Waals surface area (Å²) in [5.41, 5.74) is 7.86. The number of nitrogens with zero attached hydrogens (tertiary/aromatic N) is 6. The molecule has 5 heterocycles. The number of ether oxygens (including phenoxy) is 1. The smallest absolute Gasteiger partial charge is 0.246 e. The molecule has 19 heteroatoms. The minimum absolute atomic E-state index is 0.0130. The zero-order valence-corrected chi connectivity index (χ0v) is 42.1. The highest BCUT2D eigenvalue weighted by Gasteiger charge is 2.44. The quantitative estimate of drug-likeness (QED) is 0.0688. The third-order valence-electron chi connectivity index (χ3n) is 11.8. The number of β-amino-alcohol motifs (C(OH)–C–C–N with tert-alkyl or cyclic N) is 1. The van der Waals surface area contributed by atoms with Gasteiger partial charge in [0.2, 0.25) is 23.6 Å². The molecule has 0 saturated carbocycles. The number of hydrogen-bond acceptors (Lipinski definition) is 13. The van der Waals surface area contributed by atoms with Crippen LogP contribution in [-0.4, -0.2) is 115 Å². The molecule has 2 aromatic carbocycles. The Labute approximate surface area is 408 Å². The Morgan fingerprint density at radius 3 is 2.40 bits per heavy atom. The maximum absolute atomic E-state index is 14.0. The van der Waals surface area contributed by atoms with Gasteiger partial charge in [0.1, 0.15) is 35.6 Å². The molecule has 0 aliphatic carbocycles. The number of thiophene rings is 1. The van der Waals surface area contributed by atoms with Gasteiger partial charge >= 0.3 is 0 Å². The topological polar surface area (TPSA) is 193 Å². The number of aliphatic imine (C=N–C) groups is 1. The van der Waals surface area contributed by atoms with Crippen LogP contribution >= 0.6 is 46.0 Å². The van der Waals surface area contributed by atoms with Crippen molar-refractivity contribution in [3.63, 3.8) is 0 Å². The summed E-state index contributed by atoms with van der Waals surface area (Å²) in [5.74, 6) is 1.39. The summed E-state index contributed by atoms with van der Waals surface area (Å²) in [6.45, 7) is 14.4. The second kappa shape index (κ2) is 22.0. The molecule has 4 amide bonds. The molecule has 2 aliphatic rings. The van der Waals surface area contributed by atoms with Gasteiger partial charge in [0, 0.05) is 59.4 Å². The Bertz CT molecular complexity index is 2600. The number of aliphatic hydroxyl groups is 1. The van der Waals surface area contributed by atoms with Crippen molar-refractivity contribution in [3.8, 4) is 15.4 Å². The summed E-state index contributed by atoms with van der Waals surface area (Å²) in [6, 6.07) is 13.1. The Kier molecular flexibility index (Phi) is 16.4. The molecule has 0 radical (unpaired) electrons. The molecule has 1 fully saturated rings. The number of thioether (sulfide) groups is 1. The van der Waals surface area contributed by atoms with E-state index < -0.39 is 41.5 Å². The highest BCUT2D eigenvalue weighted by Crippen LogP contribution is 2.40. The third-order valence-corrected chi connectivity index (χ3v) is 15.3. The number of carbonyl (C=O) groups excluding carboxylic acids is 4. The first-order valence-electron chi connectivity index (χ1n) is 22.3. The number of fused-ring (bicyclic) bond motifs is 3. The average molecular weight is 989 g/mol. The lowest BCUT2D eigenvalue weighted by atomic mass is 9.85. The fourth-order valence-corrected chi connectivity index (χ4v) is 11.1. The highest BCUT2D eigenvalue weighted by atomic mass is 35.5. The van der Waals surface area contributed by atoms with E-state index in [-0.39, 0.29) is 44.4 Å². The Morgan fingerprint density at radius 1 is 0.970 bits per heavy atom. The molecular weight excluding hydrogens is 930 g/mol. The zero-order valence-electron chi connectivity index (χ0n) is 38.9. The zero-order chi connectivity index (χ0) is 48.0. The lowest BCUT2D eigenvalue weighted by Gasteiger charge is -2.35. The monoisotopic (exact) mass is 987 g/mol. The number of aliphatic hydroxyl groups excluding tert-OH is 1. The third kappa shape index (κ3) is 12.0. The fraction of sp³-hybridized carbons (Fsp3) is 0.458. The number of carbonyl (C=O) groups is 4. The minimum atomic E-state index is -0.956. The molecule has 7 rings (SSSR count). The van der Waals surface area contributed by atoms with E-state index in [2.05, 4.69) is 45.0 Å². The van der Waals surface area contributed by atoms with Gasteiger partial charge in [-0.1, -0.05) is 68.8 Å². The number of thiazole rings is 1. The molecule has 15 nitrogen and oxygen atoms in total. The summed E-state index contributed by atoms with van der Waals surface area (Å²) >= 11 is 11.1. The van der Waals surface area contributed by atoms with Crippen LogP contribution in [0.1, 0.15) is 90.5 Å². The van der Waals surface area contributed by atoms with E-state index in [1.54, 1.807) is 34.4 Å². The van der Waals surface area contributed by atoms with Gasteiger partial charge in [0.05, 0.1) is 34.3 Å². The predicted molar refractivity (Wildman–Crippen MR) is 265 cm³/mol. The van der Waals surface area contributed by atoms with Crippen molar-refractivity contribution in [2.75, 3.05) is 37.8 Å². The summed E-state index contributed by atoms with van der Waals surface area (Å²) in [5, 5.41) is 29.9. The lowest BCUT2D eigenvalue weighted by molar-refractivity contribution is -0.144. The van der Waals surface area contributed by atoms with E-state index in [0.717, 1.165) is 60.7 Å². The van der Waals surface area contributed by atoms with Gasteiger partial charge in [0.15, 0.2) is 5.82 Å². The number of aryl methyl sites for hydroxylation is 3. The summed E-state index contributed by atoms with van der Waals surface area (Å²) in [7, 11) is 0. The normalized spacial score (nSPS) is 17.3.